The molecule has 0 fully saturated rings. The number of hydrogen-bond acceptors (Lipinski definition) is 5. The molecule has 2 rings (SSSR count). The summed E-state index contributed by atoms with van der Waals surface area (Å²) >= 11 is 0. The monoisotopic (exact) mass is 337 g/mol. The standard InChI is InChI=1S/C15H16FN3O5/c1-9(18-15(17)21)8-19(22)14(20)12-6-7-13(24-12)23-11-4-2-10(16)3-5-11/h2-7,9,22H,8H2,1H3,(H3,17,18,21)/t9-/m0/s1. The Morgan fingerprint density at radius 2 is 2.00 bits per heavy atom. The van der Waals surface area contributed by atoms with Crippen molar-refractivity contribution in [1.29, 1.82) is 0 Å². The molecule has 1 aromatic carbocycles. The summed E-state index contributed by atoms with van der Waals surface area (Å²) < 4.78 is 23.3. The molecule has 2 aromatic rings. The fourth-order valence-corrected chi connectivity index (χ4v) is 1.87. The van der Waals surface area contributed by atoms with E-state index < -0.39 is 23.8 Å². The number of rotatable bonds is 6. The molecule has 0 aliphatic heterocycles. The Balaban J connectivity index is 1.97. The number of carbonyl (C=O) groups excluding carboxylic acids is 2. The number of hydroxylamine groups is 2. The molecule has 8 nitrogen and oxygen atoms in total. The second-order valence-electron chi connectivity index (χ2n) is 4.97. The molecule has 24 heavy (non-hydrogen) atoms. The number of furan rings is 1. The summed E-state index contributed by atoms with van der Waals surface area (Å²) in [5.74, 6) is -1.07. The summed E-state index contributed by atoms with van der Waals surface area (Å²) in [5, 5.41) is 12.4. The number of hydrogen-bond donors (Lipinski definition) is 3. The van der Waals surface area contributed by atoms with Crippen LogP contribution >= 0.6 is 0 Å². The normalized spacial score (nSPS) is 11.6. The van der Waals surface area contributed by atoms with Crippen molar-refractivity contribution >= 4 is 11.9 Å². The summed E-state index contributed by atoms with van der Waals surface area (Å²) in [5.41, 5.74) is 4.95. The van der Waals surface area contributed by atoms with E-state index in [-0.39, 0.29) is 18.3 Å². The van der Waals surface area contributed by atoms with Crippen LogP contribution in [0.5, 0.6) is 11.7 Å². The number of nitrogens with zero attached hydrogens (tertiary/aromatic N) is 1. The van der Waals surface area contributed by atoms with Crippen LogP contribution in [0.15, 0.2) is 40.8 Å². The molecule has 0 bridgehead atoms. The quantitative estimate of drug-likeness (QED) is 0.551. The maximum atomic E-state index is 12.8. The molecule has 0 aliphatic carbocycles. The first-order chi connectivity index (χ1) is 11.3. The van der Waals surface area contributed by atoms with E-state index in [4.69, 9.17) is 14.9 Å². The Morgan fingerprint density at radius 1 is 1.33 bits per heavy atom. The van der Waals surface area contributed by atoms with E-state index in [1.165, 1.54) is 36.4 Å². The van der Waals surface area contributed by atoms with Gasteiger partial charge in [-0.15, -0.1) is 0 Å². The number of benzene rings is 1. The minimum absolute atomic E-state index is 0.00154. The minimum atomic E-state index is -0.818. The summed E-state index contributed by atoms with van der Waals surface area (Å²) in [6.45, 7) is 1.38. The van der Waals surface area contributed by atoms with Gasteiger partial charge in [0.1, 0.15) is 11.6 Å². The Morgan fingerprint density at radius 3 is 2.62 bits per heavy atom. The first-order valence-corrected chi connectivity index (χ1v) is 6.95. The highest BCUT2D eigenvalue weighted by Crippen LogP contribution is 2.24. The zero-order valence-electron chi connectivity index (χ0n) is 12.7. The van der Waals surface area contributed by atoms with Gasteiger partial charge in [-0.1, -0.05) is 0 Å². The molecule has 1 heterocycles. The molecule has 1 aromatic heterocycles. The molecule has 0 saturated carbocycles. The van der Waals surface area contributed by atoms with Crippen LogP contribution in [-0.4, -0.2) is 34.8 Å². The zero-order chi connectivity index (χ0) is 17.7. The number of carbonyl (C=O) groups is 2. The number of ether oxygens (including phenoxy) is 1. The van der Waals surface area contributed by atoms with Gasteiger partial charge < -0.3 is 20.2 Å². The Bertz CT molecular complexity index is 716. The van der Waals surface area contributed by atoms with Crippen molar-refractivity contribution in [2.45, 2.75) is 13.0 Å². The van der Waals surface area contributed by atoms with Crippen LogP contribution in [0.1, 0.15) is 17.5 Å². The van der Waals surface area contributed by atoms with Crippen molar-refractivity contribution in [3.63, 3.8) is 0 Å². The molecule has 0 saturated heterocycles. The second-order valence-corrected chi connectivity index (χ2v) is 4.97. The highest BCUT2D eigenvalue weighted by atomic mass is 19.1. The van der Waals surface area contributed by atoms with Gasteiger partial charge in [-0.3, -0.25) is 10.0 Å². The molecule has 1 atom stereocenters. The molecule has 0 aliphatic rings. The molecule has 3 amide bonds. The van der Waals surface area contributed by atoms with E-state index in [9.17, 15) is 19.2 Å². The Hall–Kier alpha value is -3.07. The van der Waals surface area contributed by atoms with Crippen LogP contribution in [0, 0.1) is 5.82 Å². The summed E-state index contributed by atoms with van der Waals surface area (Å²) in [4.78, 5) is 22.7. The Labute approximate surface area is 136 Å². The number of amides is 3. The van der Waals surface area contributed by atoms with Gasteiger partial charge in [0.2, 0.25) is 0 Å². The lowest BCUT2D eigenvalue weighted by atomic mass is 10.3. The van der Waals surface area contributed by atoms with Crippen molar-refractivity contribution in [1.82, 2.24) is 10.4 Å². The molecule has 9 heteroatoms. The summed E-state index contributed by atoms with van der Waals surface area (Å²) in [7, 11) is 0. The van der Waals surface area contributed by atoms with Crippen LogP contribution in [0.25, 0.3) is 0 Å². The lowest BCUT2D eigenvalue weighted by molar-refractivity contribution is -0.0636. The molecule has 0 unspecified atom stereocenters. The third kappa shape index (κ3) is 4.71. The first-order valence-electron chi connectivity index (χ1n) is 6.95. The molecule has 0 spiro atoms. The van der Waals surface area contributed by atoms with E-state index in [1.54, 1.807) is 6.92 Å². The topological polar surface area (TPSA) is 118 Å². The minimum Gasteiger partial charge on any atom is -0.426 e. The van der Waals surface area contributed by atoms with Gasteiger partial charge in [0.25, 0.3) is 5.95 Å². The smallest absolute Gasteiger partial charge is 0.313 e. The van der Waals surface area contributed by atoms with E-state index in [2.05, 4.69) is 5.32 Å². The number of primary amides is 1. The highest BCUT2D eigenvalue weighted by Gasteiger charge is 2.20. The zero-order valence-corrected chi connectivity index (χ0v) is 12.7. The average Bonchev–Trinajstić information content (AvgIpc) is 2.96. The molecular weight excluding hydrogens is 321 g/mol. The highest BCUT2D eigenvalue weighted by molar-refractivity contribution is 5.90. The van der Waals surface area contributed by atoms with E-state index in [1.807, 2.05) is 0 Å². The Kier molecular flexibility index (Phi) is 5.38. The van der Waals surface area contributed by atoms with Crippen LogP contribution in [0.2, 0.25) is 0 Å². The van der Waals surface area contributed by atoms with Gasteiger partial charge in [-0.05, 0) is 37.3 Å². The predicted molar refractivity (Wildman–Crippen MR) is 80.2 cm³/mol. The SMILES string of the molecule is C[C@@H](CN(O)C(=O)c1ccc(Oc2ccc(F)cc2)o1)NC(N)=O. The van der Waals surface area contributed by atoms with Crippen molar-refractivity contribution < 1.29 is 28.3 Å². The molecule has 128 valence electrons. The van der Waals surface area contributed by atoms with Gasteiger partial charge in [0.05, 0.1) is 6.54 Å². The van der Waals surface area contributed by atoms with Crippen LogP contribution < -0.4 is 15.8 Å². The summed E-state index contributed by atoms with van der Waals surface area (Å²) in [6, 6.07) is 6.60. The number of nitrogens with two attached hydrogens (primary N) is 1. The molecular formula is C15H16FN3O5. The van der Waals surface area contributed by atoms with Gasteiger partial charge in [0, 0.05) is 12.1 Å². The first kappa shape index (κ1) is 17.3. The molecule has 0 radical (unpaired) electrons. The lowest BCUT2D eigenvalue weighted by Crippen LogP contribution is -2.44. The van der Waals surface area contributed by atoms with Crippen molar-refractivity contribution in [3.05, 3.63) is 48.0 Å². The van der Waals surface area contributed by atoms with E-state index in [0.29, 0.717) is 10.8 Å². The largest absolute Gasteiger partial charge is 0.426 e. The van der Waals surface area contributed by atoms with E-state index in [0.717, 1.165) is 0 Å². The number of nitrogens with one attached hydrogen (secondary N) is 1. The third-order valence-corrected chi connectivity index (χ3v) is 2.89. The maximum Gasteiger partial charge on any atom is 0.313 e. The van der Waals surface area contributed by atoms with Crippen LogP contribution in [0.3, 0.4) is 0 Å². The average molecular weight is 337 g/mol. The fourth-order valence-electron chi connectivity index (χ4n) is 1.87. The maximum absolute atomic E-state index is 12.8. The third-order valence-electron chi connectivity index (χ3n) is 2.89. The van der Waals surface area contributed by atoms with E-state index >= 15 is 0 Å². The van der Waals surface area contributed by atoms with Crippen molar-refractivity contribution in [2.75, 3.05) is 6.54 Å². The van der Waals surface area contributed by atoms with Gasteiger partial charge in [-0.2, -0.15) is 0 Å². The fraction of sp³-hybridized carbons (Fsp3) is 0.200. The van der Waals surface area contributed by atoms with Crippen molar-refractivity contribution in [2.24, 2.45) is 5.73 Å². The lowest BCUT2D eigenvalue weighted by Gasteiger charge is -2.18. The van der Waals surface area contributed by atoms with Gasteiger partial charge in [0.15, 0.2) is 5.76 Å². The van der Waals surface area contributed by atoms with Crippen LogP contribution in [-0.2, 0) is 0 Å². The summed E-state index contributed by atoms with van der Waals surface area (Å²) in [6.07, 6.45) is 0. The van der Waals surface area contributed by atoms with Gasteiger partial charge in [-0.25, -0.2) is 14.2 Å². The number of halogens is 1. The second kappa shape index (κ2) is 7.47. The molecule has 4 N–H and O–H groups in total. The van der Waals surface area contributed by atoms with Gasteiger partial charge >= 0.3 is 11.9 Å². The predicted octanol–water partition coefficient (Wildman–Crippen LogP) is 2.10. The number of urea groups is 1. The van der Waals surface area contributed by atoms with Crippen LogP contribution in [0.4, 0.5) is 9.18 Å². The van der Waals surface area contributed by atoms with Crippen molar-refractivity contribution in [3.8, 4) is 11.7 Å².